The van der Waals surface area contributed by atoms with Gasteiger partial charge in [0.25, 0.3) is 0 Å². The summed E-state index contributed by atoms with van der Waals surface area (Å²) in [5.41, 5.74) is 5.68. The molecule has 1 aromatic heterocycles. The number of nitrogen functional groups attached to an aromatic ring is 1. The van der Waals surface area contributed by atoms with Crippen LogP contribution in [0.25, 0.3) is 0 Å². The second-order valence-electron chi connectivity index (χ2n) is 4.51. The van der Waals surface area contributed by atoms with Gasteiger partial charge in [0.1, 0.15) is 11.4 Å². The number of aromatic nitrogens is 1. The molecule has 1 aromatic rings. The highest BCUT2D eigenvalue weighted by molar-refractivity contribution is 6.05. The van der Waals surface area contributed by atoms with Crippen molar-refractivity contribution in [1.82, 2.24) is 4.98 Å². The minimum atomic E-state index is -1.22. The molecule has 0 saturated heterocycles. The second-order valence-corrected chi connectivity index (χ2v) is 4.51. The van der Waals surface area contributed by atoms with Crippen molar-refractivity contribution in [3.63, 3.8) is 0 Å². The maximum absolute atomic E-state index is 12.2. The largest absolute Gasteiger partial charge is 0.383 e. The zero-order valence-corrected chi connectivity index (χ0v) is 9.36. The number of nitrogens with two attached hydrogens (primary N) is 1. The summed E-state index contributed by atoms with van der Waals surface area (Å²) in [6.45, 7) is 1.85. The van der Waals surface area contributed by atoms with Crippen LogP contribution in [0.15, 0.2) is 12.3 Å². The van der Waals surface area contributed by atoms with Crippen LogP contribution in [0.5, 0.6) is 0 Å². The first-order chi connectivity index (χ1) is 7.53. The molecule has 1 aliphatic carbocycles. The molecule has 0 aliphatic heterocycles. The Balaban J connectivity index is 2.36. The van der Waals surface area contributed by atoms with E-state index in [0.717, 1.165) is 18.4 Å². The van der Waals surface area contributed by atoms with Crippen molar-refractivity contribution in [1.29, 1.82) is 0 Å². The summed E-state index contributed by atoms with van der Waals surface area (Å²) in [5.74, 6) is -0.0744. The van der Waals surface area contributed by atoms with Gasteiger partial charge in [-0.2, -0.15) is 0 Å². The van der Waals surface area contributed by atoms with Crippen molar-refractivity contribution in [3.05, 3.63) is 23.4 Å². The highest BCUT2D eigenvalue weighted by atomic mass is 16.3. The number of anilines is 1. The molecule has 1 fully saturated rings. The molecule has 4 heteroatoms. The highest BCUT2D eigenvalue weighted by Gasteiger charge is 2.40. The fraction of sp³-hybridized carbons (Fsp3) is 0.500. The highest BCUT2D eigenvalue weighted by Crippen LogP contribution is 2.33. The SMILES string of the molecule is Cc1cnc(N)c(C(=O)C2(O)CCCC2)c1. The zero-order valence-electron chi connectivity index (χ0n) is 9.36. The average molecular weight is 220 g/mol. The lowest BCUT2D eigenvalue weighted by molar-refractivity contribution is 0.0353. The smallest absolute Gasteiger partial charge is 0.198 e. The Bertz CT molecular complexity index is 423. The number of carbonyl (C=O) groups is 1. The number of aryl methyl sites for hydroxylation is 1. The van der Waals surface area contributed by atoms with Gasteiger partial charge in [0.05, 0.1) is 5.56 Å². The lowest BCUT2D eigenvalue weighted by atomic mass is 9.91. The third-order valence-electron chi connectivity index (χ3n) is 3.15. The predicted molar refractivity (Wildman–Crippen MR) is 61.1 cm³/mol. The summed E-state index contributed by atoms with van der Waals surface area (Å²) >= 11 is 0. The first-order valence-corrected chi connectivity index (χ1v) is 5.52. The standard InChI is InChI=1S/C12H16N2O2/c1-8-6-9(11(13)14-7-8)10(15)12(16)4-2-3-5-12/h6-7,16H,2-5H2,1H3,(H2,13,14). The average Bonchev–Trinajstić information content (AvgIpc) is 2.69. The lowest BCUT2D eigenvalue weighted by Gasteiger charge is -2.20. The maximum Gasteiger partial charge on any atom is 0.198 e. The third kappa shape index (κ3) is 1.80. The zero-order chi connectivity index (χ0) is 11.8. The van der Waals surface area contributed by atoms with E-state index in [-0.39, 0.29) is 11.6 Å². The maximum atomic E-state index is 12.2. The number of nitrogens with zero attached hydrogens (tertiary/aromatic N) is 1. The molecule has 0 spiro atoms. The number of hydrogen-bond donors (Lipinski definition) is 2. The monoisotopic (exact) mass is 220 g/mol. The van der Waals surface area contributed by atoms with E-state index in [0.29, 0.717) is 18.4 Å². The molecule has 3 N–H and O–H groups in total. The molecular formula is C12H16N2O2. The second kappa shape index (κ2) is 3.87. The predicted octanol–water partition coefficient (Wildman–Crippen LogP) is 1.46. The Hall–Kier alpha value is -1.42. The fourth-order valence-electron chi connectivity index (χ4n) is 2.20. The molecule has 2 rings (SSSR count). The molecule has 0 bridgehead atoms. The van der Waals surface area contributed by atoms with Crippen LogP contribution in [0.4, 0.5) is 5.82 Å². The molecule has 1 aliphatic rings. The molecule has 16 heavy (non-hydrogen) atoms. The first-order valence-electron chi connectivity index (χ1n) is 5.52. The molecule has 0 amide bonds. The summed E-state index contributed by atoms with van der Waals surface area (Å²) in [5, 5.41) is 10.2. The van der Waals surface area contributed by atoms with Crippen LogP contribution in [0.2, 0.25) is 0 Å². The van der Waals surface area contributed by atoms with Gasteiger partial charge in [-0.15, -0.1) is 0 Å². The van der Waals surface area contributed by atoms with Gasteiger partial charge in [0, 0.05) is 6.20 Å². The topological polar surface area (TPSA) is 76.2 Å². The summed E-state index contributed by atoms with van der Waals surface area (Å²) in [7, 11) is 0. The molecular weight excluding hydrogens is 204 g/mol. The molecule has 0 atom stereocenters. The quantitative estimate of drug-likeness (QED) is 0.740. The molecule has 0 radical (unpaired) electrons. The Morgan fingerprint density at radius 2 is 2.12 bits per heavy atom. The van der Waals surface area contributed by atoms with E-state index in [9.17, 15) is 9.90 Å². The van der Waals surface area contributed by atoms with Crippen LogP contribution >= 0.6 is 0 Å². The van der Waals surface area contributed by atoms with E-state index < -0.39 is 5.60 Å². The molecule has 0 aromatic carbocycles. The van der Waals surface area contributed by atoms with Crippen molar-refractivity contribution < 1.29 is 9.90 Å². The van der Waals surface area contributed by atoms with Crippen molar-refractivity contribution in [2.24, 2.45) is 0 Å². The third-order valence-corrected chi connectivity index (χ3v) is 3.15. The molecule has 1 heterocycles. The van der Waals surface area contributed by atoms with Gasteiger partial charge in [-0.3, -0.25) is 4.79 Å². The number of pyridine rings is 1. The first kappa shape index (κ1) is 11.1. The number of aliphatic hydroxyl groups is 1. The van der Waals surface area contributed by atoms with E-state index in [4.69, 9.17) is 5.73 Å². The van der Waals surface area contributed by atoms with Gasteiger partial charge in [-0.05, 0) is 44.2 Å². The Morgan fingerprint density at radius 1 is 1.50 bits per heavy atom. The summed E-state index contributed by atoms with van der Waals surface area (Å²) in [6, 6.07) is 1.70. The van der Waals surface area contributed by atoms with E-state index >= 15 is 0 Å². The van der Waals surface area contributed by atoms with Crippen LogP contribution in [-0.4, -0.2) is 21.5 Å². The Labute approximate surface area is 94.5 Å². The van der Waals surface area contributed by atoms with Gasteiger partial charge in [0.15, 0.2) is 5.78 Å². The van der Waals surface area contributed by atoms with Crippen molar-refractivity contribution in [3.8, 4) is 0 Å². The Kier molecular flexibility index (Phi) is 2.68. The van der Waals surface area contributed by atoms with Crippen LogP contribution in [0.3, 0.4) is 0 Å². The molecule has 86 valence electrons. The number of carbonyl (C=O) groups excluding carboxylic acids is 1. The van der Waals surface area contributed by atoms with Gasteiger partial charge in [-0.25, -0.2) is 4.98 Å². The van der Waals surface area contributed by atoms with Crippen molar-refractivity contribution >= 4 is 11.6 Å². The minimum Gasteiger partial charge on any atom is -0.383 e. The lowest BCUT2D eigenvalue weighted by Crippen LogP contribution is -2.35. The molecule has 0 unspecified atom stereocenters. The number of ketones is 1. The van der Waals surface area contributed by atoms with E-state index in [1.807, 2.05) is 6.92 Å². The van der Waals surface area contributed by atoms with Crippen LogP contribution in [-0.2, 0) is 0 Å². The number of Topliss-reactive ketones (excluding diaryl/α,β-unsaturated/α-hetero) is 1. The van der Waals surface area contributed by atoms with Gasteiger partial charge in [0.2, 0.25) is 0 Å². The van der Waals surface area contributed by atoms with Crippen molar-refractivity contribution in [2.75, 3.05) is 5.73 Å². The molecule has 1 saturated carbocycles. The van der Waals surface area contributed by atoms with Crippen molar-refractivity contribution in [2.45, 2.75) is 38.2 Å². The fourth-order valence-corrected chi connectivity index (χ4v) is 2.20. The van der Waals surface area contributed by atoms with E-state index in [1.54, 1.807) is 12.3 Å². The van der Waals surface area contributed by atoms with Gasteiger partial charge in [-0.1, -0.05) is 0 Å². The van der Waals surface area contributed by atoms with Gasteiger partial charge < -0.3 is 10.8 Å². The Morgan fingerprint density at radius 3 is 2.75 bits per heavy atom. The number of hydrogen-bond acceptors (Lipinski definition) is 4. The van der Waals surface area contributed by atoms with Gasteiger partial charge >= 0.3 is 0 Å². The van der Waals surface area contributed by atoms with E-state index in [1.165, 1.54) is 0 Å². The normalized spacial score (nSPS) is 18.6. The summed E-state index contributed by atoms with van der Waals surface area (Å²) in [4.78, 5) is 16.1. The van der Waals surface area contributed by atoms with Crippen LogP contribution in [0, 0.1) is 6.92 Å². The number of rotatable bonds is 2. The minimum absolute atomic E-state index is 0.205. The molecule has 4 nitrogen and oxygen atoms in total. The summed E-state index contributed by atoms with van der Waals surface area (Å²) in [6.07, 6.45) is 4.45. The summed E-state index contributed by atoms with van der Waals surface area (Å²) < 4.78 is 0. The van der Waals surface area contributed by atoms with E-state index in [2.05, 4.69) is 4.98 Å². The van der Waals surface area contributed by atoms with Crippen LogP contribution in [0.1, 0.15) is 41.6 Å². The van der Waals surface area contributed by atoms with Crippen LogP contribution < -0.4 is 5.73 Å².